The molecule has 2 heterocycles. The number of fused-ring (bicyclic) bond motifs is 1. The molecule has 28 heavy (non-hydrogen) atoms. The number of benzene rings is 2. The van der Waals surface area contributed by atoms with Crippen molar-refractivity contribution >= 4 is 22.7 Å². The first-order valence-corrected chi connectivity index (χ1v) is 9.16. The average molecular weight is 377 g/mol. The molecular formula is C22H20FN3O2. The van der Waals surface area contributed by atoms with Crippen molar-refractivity contribution in [1.82, 2.24) is 15.2 Å². The summed E-state index contributed by atoms with van der Waals surface area (Å²) in [6, 6.07) is 12.6. The van der Waals surface area contributed by atoms with Crippen LogP contribution >= 0.6 is 0 Å². The number of hydrogen-bond acceptors (Lipinski definition) is 3. The summed E-state index contributed by atoms with van der Waals surface area (Å²) < 4.78 is 13.3. The van der Waals surface area contributed by atoms with Crippen LogP contribution in [0.3, 0.4) is 0 Å². The number of halogens is 1. The molecule has 0 radical (unpaired) electrons. The molecule has 1 atom stereocenters. The summed E-state index contributed by atoms with van der Waals surface area (Å²) in [5.41, 5.74) is 3.57. The highest BCUT2D eigenvalue weighted by atomic mass is 19.1. The Labute approximate surface area is 162 Å². The van der Waals surface area contributed by atoms with Gasteiger partial charge < -0.3 is 10.2 Å². The molecular weight excluding hydrogens is 357 g/mol. The average Bonchev–Trinajstić information content (AvgIpc) is 2.68. The van der Waals surface area contributed by atoms with Gasteiger partial charge in [0.1, 0.15) is 11.9 Å². The maximum Gasteiger partial charge on any atom is 0.256 e. The maximum atomic E-state index is 13.4. The first kappa shape index (κ1) is 18.1. The van der Waals surface area contributed by atoms with Crippen LogP contribution in [0.4, 0.5) is 4.39 Å². The Kier molecular flexibility index (Phi) is 4.55. The molecule has 0 bridgehead atoms. The van der Waals surface area contributed by atoms with Crippen molar-refractivity contribution in [1.29, 1.82) is 0 Å². The van der Waals surface area contributed by atoms with Crippen LogP contribution in [-0.4, -0.2) is 34.8 Å². The SMILES string of the molecule is Cc1ccc2nc(C)c(C(=O)N3CCNC(=O)[C@@H]3c3ccc(F)cc3)cc2c1. The Morgan fingerprint density at radius 1 is 1.14 bits per heavy atom. The second-order valence-corrected chi connectivity index (χ2v) is 7.06. The van der Waals surface area contributed by atoms with E-state index in [0.29, 0.717) is 29.9 Å². The summed E-state index contributed by atoms with van der Waals surface area (Å²) >= 11 is 0. The smallest absolute Gasteiger partial charge is 0.256 e. The predicted molar refractivity (Wildman–Crippen MR) is 104 cm³/mol. The van der Waals surface area contributed by atoms with Gasteiger partial charge in [-0.05, 0) is 49.7 Å². The molecule has 2 amide bonds. The van der Waals surface area contributed by atoms with Crippen LogP contribution in [0.1, 0.15) is 33.2 Å². The Hall–Kier alpha value is -3.28. The summed E-state index contributed by atoms with van der Waals surface area (Å²) in [4.78, 5) is 32.0. The predicted octanol–water partition coefficient (Wildman–Crippen LogP) is 3.30. The molecule has 1 aromatic heterocycles. The van der Waals surface area contributed by atoms with E-state index in [9.17, 15) is 14.0 Å². The third-order valence-electron chi connectivity index (χ3n) is 5.05. The lowest BCUT2D eigenvalue weighted by Crippen LogP contribution is -2.52. The fraction of sp³-hybridized carbons (Fsp3) is 0.227. The normalized spacial score (nSPS) is 16.9. The molecule has 142 valence electrons. The minimum absolute atomic E-state index is 0.252. The number of hydrogen-bond donors (Lipinski definition) is 1. The van der Waals surface area contributed by atoms with Crippen LogP contribution in [-0.2, 0) is 4.79 Å². The van der Waals surface area contributed by atoms with Crippen LogP contribution in [0.5, 0.6) is 0 Å². The zero-order valence-corrected chi connectivity index (χ0v) is 15.7. The van der Waals surface area contributed by atoms with Crippen molar-refractivity contribution in [3.05, 3.63) is 76.7 Å². The number of carbonyl (C=O) groups excluding carboxylic acids is 2. The van der Waals surface area contributed by atoms with E-state index in [4.69, 9.17) is 0 Å². The zero-order chi connectivity index (χ0) is 19.8. The highest BCUT2D eigenvalue weighted by Gasteiger charge is 2.35. The number of amides is 2. The minimum atomic E-state index is -0.797. The van der Waals surface area contributed by atoms with Crippen LogP contribution in [0, 0.1) is 19.7 Å². The fourth-order valence-corrected chi connectivity index (χ4v) is 3.63. The third kappa shape index (κ3) is 3.22. The van der Waals surface area contributed by atoms with Gasteiger partial charge in [-0.15, -0.1) is 0 Å². The number of aromatic nitrogens is 1. The number of nitrogens with zero attached hydrogens (tertiary/aromatic N) is 2. The van der Waals surface area contributed by atoms with Gasteiger partial charge in [-0.2, -0.15) is 0 Å². The Morgan fingerprint density at radius 3 is 2.64 bits per heavy atom. The van der Waals surface area contributed by atoms with E-state index in [2.05, 4.69) is 10.3 Å². The molecule has 1 aliphatic rings. The third-order valence-corrected chi connectivity index (χ3v) is 5.05. The first-order valence-electron chi connectivity index (χ1n) is 9.16. The van der Waals surface area contributed by atoms with Crippen molar-refractivity contribution in [3.63, 3.8) is 0 Å². The fourth-order valence-electron chi connectivity index (χ4n) is 3.63. The lowest BCUT2D eigenvalue weighted by molar-refractivity contribution is -0.128. The lowest BCUT2D eigenvalue weighted by atomic mass is 10.00. The highest BCUT2D eigenvalue weighted by Crippen LogP contribution is 2.27. The van der Waals surface area contributed by atoms with E-state index in [0.717, 1.165) is 16.5 Å². The monoisotopic (exact) mass is 377 g/mol. The summed E-state index contributed by atoms with van der Waals surface area (Å²) in [7, 11) is 0. The molecule has 0 aliphatic carbocycles. The van der Waals surface area contributed by atoms with Gasteiger partial charge in [-0.25, -0.2) is 4.39 Å². The van der Waals surface area contributed by atoms with E-state index in [1.54, 1.807) is 19.1 Å². The Morgan fingerprint density at radius 2 is 1.89 bits per heavy atom. The number of pyridine rings is 1. The zero-order valence-electron chi connectivity index (χ0n) is 15.7. The highest BCUT2D eigenvalue weighted by molar-refractivity contribution is 6.01. The van der Waals surface area contributed by atoms with E-state index < -0.39 is 6.04 Å². The van der Waals surface area contributed by atoms with E-state index in [-0.39, 0.29) is 17.6 Å². The quantitative estimate of drug-likeness (QED) is 0.745. The van der Waals surface area contributed by atoms with Gasteiger partial charge >= 0.3 is 0 Å². The van der Waals surface area contributed by atoms with Crippen molar-refractivity contribution < 1.29 is 14.0 Å². The molecule has 1 fully saturated rings. The van der Waals surface area contributed by atoms with Crippen LogP contribution in [0.25, 0.3) is 10.9 Å². The van der Waals surface area contributed by atoms with Gasteiger partial charge in [0, 0.05) is 18.5 Å². The topological polar surface area (TPSA) is 62.3 Å². The Balaban J connectivity index is 1.76. The molecule has 6 heteroatoms. The summed E-state index contributed by atoms with van der Waals surface area (Å²) in [5.74, 6) is -0.908. The second-order valence-electron chi connectivity index (χ2n) is 7.06. The number of rotatable bonds is 2. The van der Waals surface area contributed by atoms with Crippen molar-refractivity contribution in [2.45, 2.75) is 19.9 Å². The standard InChI is InChI=1S/C22H20FN3O2/c1-13-3-8-19-16(11-13)12-18(14(2)25-19)22(28)26-10-9-24-21(27)20(26)15-4-6-17(23)7-5-15/h3-8,11-12,20H,9-10H2,1-2H3,(H,24,27)/t20-/m0/s1. The lowest BCUT2D eigenvalue weighted by Gasteiger charge is -2.35. The van der Waals surface area contributed by atoms with Gasteiger partial charge in [-0.3, -0.25) is 14.6 Å². The van der Waals surface area contributed by atoms with Crippen molar-refractivity contribution in [3.8, 4) is 0 Å². The molecule has 0 unspecified atom stereocenters. The van der Waals surface area contributed by atoms with Crippen LogP contribution in [0.15, 0.2) is 48.5 Å². The number of aryl methyl sites for hydroxylation is 2. The molecule has 0 saturated carbocycles. The van der Waals surface area contributed by atoms with Crippen LogP contribution in [0.2, 0.25) is 0 Å². The van der Waals surface area contributed by atoms with Crippen LogP contribution < -0.4 is 5.32 Å². The summed E-state index contributed by atoms with van der Waals surface area (Å²) in [6.45, 7) is 4.53. The van der Waals surface area contributed by atoms with Crippen molar-refractivity contribution in [2.24, 2.45) is 0 Å². The van der Waals surface area contributed by atoms with Gasteiger partial charge in [0.15, 0.2) is 0 Å². The molecule has 5 nitrogen and oxygen atoms in total. The molecule has 3 aromatic rings. The summed E-state index contributed by atoms with van der Waals surface area (Å²) in [6.07, 6.45) is 0. The van der Waals surface area contributed by atoms with Gasteiger partial charge in [0.2, 0.25) is 5.91 Å². The maximum absolute atomic E-state index is 13.4. The molecule has 2 aromatic carbocycles. The van der Waals surface area contributed by atoms with E-state index in [1.807, 2.05) is 31.2 Å². The molecule has 1 saturated heterocycles. The van der Waals surface area contributed by atoms with Gasteiger partial charge in [-0.1, -0.05) is 23.8 Å². The van der Waals surface area contributed by atoms with E-state index in [1.165, 1.54) is 17.0 Å². The minimum Gasteiger partial charge on any atom is -0.352 e. The van der Waals surface area contributed by atoms with Crippen molar-refractivity contribution in [2.75, 3.05) is 13.1 Å². The first-order chi connectivity index (χ1) is 13.4. The largest absolute Gasteiger partial charge is 0.352 e. The molecule has 1 aliphatic heterocycles. The van der Waals surface area contributed by atoms with Gasteiger partial charge in [0.05, 0.1) is 16.8 Å². The summed E-state index contributed by atoms with van der Waals surface area (Å²) in [5, 5.41) is 3.67. The number of nitrogens with one attached hydrogen (secondary N) is 1. The molecule has 0 spiro atoms. The second kappa shape index (κ2) is 7.03. The number of piperazine rings is 1. The van der Waals surface area contributed by atoms with E-state index >= 15 is 0 Å². The van der Waals surface area contributed by atoms with Gasteiger partial charge in [0.25, 0.3) is 5.91 Å². The molecule has 4 rings (SSSR count). The Bertz CT molecular complexity index is 1080. The molecule has 1 N–H and O–H groups in total. The number of carbonyl (C=O) groups is 2.